The van der Waals surface area contributed by atoms with Crippen LogP contribution in [0, 0.1) is 6.92 Å². The topological polar surface area (TPSA) is 73.6 Å². The van der Waals surface area contributed by atoms with Crippen LogP contribution in [0.25, 0.3) is 22.2 Å². The van der Waals surface area contributed by atoms with Gasteiger partial charge >= 0.3 is 0 Å². The van der Waals surface area contributed by atoms with E-state index in [4.69, 9.17) is 13.9 Å². The van der Waals surface area contributed by atoms with Gasteiger partial charge in [0.15, 0.2) is 10.9 Å². The van der Waals surface area contributed by atoms with Crippen molar-refractivity contribution < 1.29 is 18.7 Å². The number of carbonyl (C=O) groups is 1. The molecule has 0 saturated carbocycles. The van der Waals surface area contributed by atoms with Crippen LogP contribution in [0.3, 0.4) is 0 Å². The fourth-order valence-electron chi connectivity index (χ4n) is 3.19. The fourth-order valence-corrected chi connectivity index (χ4v) is 4.02. The number of nitrogens with one attached hydrogen (secondary N) is 1. The van der Waals surface area contributed by atoms with Gasteiger partial charge < -0.3 is 13.9 Å². The molecular formula is C22H20N2O4S. The van der Waals surface area contributed by atoms with Gasteiger partial charge in [0.1, 0.15) is 11.3 Å². The molecule has 0 spiro atoms. The molecule has 0 atom stereocenters. The Morgan fingerprint density at radius 1 is 1.14 bits per heavy atom. The van der Waals surface area contributed by atoms with Crippen LogP contribution in [0.1, 0.15) is 21.0 Å². The van der Waals surface area contributed by atoms with E-state index in [-0.39, 0.29) is 18.3 Å². The molecule has 0 aliphatic carbocycles. The fraction of sp³-hybridized carbons (Fsp3) is 0.182. The Labute approximate surface area is 172 Å². The largest absolute Gasteiger partial charge is 0.497 e. The van der Waals surface area contributed by atoms with Crippen molar-refractivity contribution in [3.8, 4) is 17.0 Å². The Morgan fingerprint density at radius 2 is 1.90 bits per heavy atom. The van der Waals surface area contributed by atoms with E-state index in [0.29, 0.717) is 10.7 Å². The van der Waals surface area contributed by atoms with Crippen LogP contribution in [0.2, 0.25) is 0 Å². The maximum atomic E-state index is 12.9. The molecule has 1 amide bonds. The molecule has 0 aliphatic rings. The van der Waals surface area contributed by atoms with E-state index in [0.717, 1.165) is 32.8 Å². The molecule has 4 aromatic rings. The molecule has 29 heavy (non-hydrogen) atoms. The van der Waals surface area contributed by atoms with E-state index in [1.54, 1.807) is 14.2 Å². The first-order valence-corrected chi connectivity index (χ1v) is 9.85. The Morgan fingerprint density at radius 3 is 2.62 bits per heavy atom. The highest BCUT2D eigenvalue weighted by molar-refractivity contribution is 7.16. The minimum Gasteiger partial charge on any atom is -0.497 e. The molecule has 0 saturated heterocycles. The van der Waals surface area contributed by atoms with Crippen molar-refractivity contribution in [1.29, 1.82) is 0 Å². The van der Waals surface area contributed by atoms with Gasteiger partial charge in [0, 0.05) is 28.5 Å². The Kier molecular flexibility index (Phi) is 5.33. The molecule has 0 radical (unpaired) electrons. The number of fused-ring (bicyclic) bond motifs is 1. The zero-order chi connectivity index (χ0) is 20.4. The van der Waals surface area contributed by atoms with E-state index < -0.39 is 0 Å². The number of para-hydroxylation sites is 1. The molecule has 0 bridgehead atoms. The van der Waals surface area contributed by atoms with Crippen molar-refractivity contribution >= 4 is 33.3 Å². The van der Waals surface area contributed by atoms with Gasteiger partial charge in [-0.1, -0.05) is 18.2 Å². The lowest BCUT2D eigenvalue weighted by Crippen LogP contribution is -2.13. The van der Waals surface area contributed by atoms with Crippen molar-refractivity contribution in [3.05, 3.63) is 64.7 Å². The van der Waals surface area contributed by atoms with E-state index in [1.807, 2.05) is 55.5 Å². The zero-order valence-corrected chi connectivity index (χ0v) is 17.1. The first kappa shape index (κ1) is 19.2. The summed E-state index contributed by atoms with van der Waals surface area (Å²) in [6.45, 7) is 2.26. The van der Waals surface area contributed by atoms with Gasteiger partial charge in [-0.2, -0.15) is 0 Å². The van der Waals surface area contributed by atoms with Crippen LogP contribution in [0.4, 0.5) is 5.13 Å². The first-order valence-electron chi connectivity index (χ1n) is 9.03. The van der Waals surface area contributed by atoms with Gasteiger partial charge in [0.25, 0.3) is 5.91 Å². The lowest BCUT2D eigenvalue weighted by Gasteiger charge is -2.03. The minimum atomic E-state index is -0.344. The number of nitrogens with zero attached hydrogens (tertiary/aromatic N) is 1. The number of aromatic nitrogens is 1. The first-order chi connectivity index (χ1) is 14.1. The van der Waals surface area contributed by atoms with Crippen LogP contribution < -0.4 is 10.1 Å². The third-order valence-corrected chi connectivity index (χ3v) is 5.46. The molecule has 1 N–H and O–H groups in total. The Balaban J connectivity index is 1.62. The summed E-state index contributed by atoms with van der Waals surface area (Å²) in [5, 5.41) is 4.25. The summed E-state index contributed by atoms with van der Waals surface area (Å²) in [5.74, 6) is 0.681. The number of methoxy groups -OCH3 is 2. The lowest BCUT2D eigenvalue weighted by molar-refractivity contribution is 0.0992. The molecular weight excluding hydrogens is 388 g/mol. The Bertz CT molecular complexity index is 1160. The number of amides is 1. The van der Waals surface area contributed by atoms with Crippen molar-refractivity contribution in [1.82, 2.24) is 4.98 Å². The monoisotopic (exact) mass is 408 g/mol. The summed E-state index contributed by atoms with van der Waals surface area (Å²) in [6, 6.07) is 15.2. The van der Waals surface area contributed by atoms with Crippen LogP contribution in [-0.2, 0) is 11.3 Å². The number of benzene rings is 2. The average molecular weight is 408 g/mol. The molecule has 2 heterocycles. The quantitative estimate of drug-likeness (QED) is 0.470. The molecule has 0 fully saturated rings. The predicted octanol–water partition coefficient (Wildman–Crippen LogP) is 5.27. The number of carbonyl (C=O) groups excluding carboxylic acids is 1. The van der Waals surface area contributed by atoms with Crippen molar-refractivity contribution in [2.45, 2.75) is 13.5 Å². The second-order valence-electron chi connectivity index (χ2n) is 6.45. The predicted molar refractivity (Wildman–Crippen MR) is 114 cm³/mol. The number of aryl methyl sites for hydroxylation is 1. The number of thiazole rings is 1. The van der Waals surface area contributed by atoms with Crippen LogP contribution in [0.5, 0.6) is 5.75 Å². The second kappa shape index (κ2) is 8.06. The van der Waals surface area contributed by atoms with Crippen molar-refractivity contribution in [2.75, 3.05) is 19.5 Å². The lowest BCUT2D eigenvalue weighted by atomic mass is 10.1. The molecule has 6 nitrogen and oxygen atoms in total. The molecule has 7 heteroatoms. The van der Waals surface area contributed by atoms with Gasteiger partial charge in [-0.3, -0.25) is 10.1 Å². The number of hydrogen-bond donors (Lipinski definition) is 1. The molecule has 4 rings (SSSR count). The van der Waals surface area contributed by atoms with Gasteiger partial charge in [0.2, 0.25) is 0 Å². The van der Waals surface area contributed by atoms with Crippen molar-refractivity contribution in [3.63, 3.8) is 0 Å². The second-order valence-corrected chi connectivity index (χ2v) is 7.65. The highest BCUT2D eigenvalue weighted by atomic mass is 32.1. The maximum absolute atomic E-state index is 12.9. The molecule has 2 aromatic carbocycles. The van der Waals surface area contributed by atoms with Crippen LogP contribution in [-0.4, -0.2) is 25.1 Å². The van der Waals surface area contributed by atoms with E-state index in [1.165, 1.54) is 11.3 Å². The summed E-state index contributed by atoms with van der Waals surface area (Å²) < 4.78 is 16.3. The SMILES string of the molecule is COCc1c(C(=O)Nc2nc(-c3ccc(OC)cc3)c(C)s2)oc2ccccc12. The molecule has 0 aliphatic heterocycles. The standard InChI is InChI=1S/C22H20N2O4S/c1-13-19(14-8-10-15(27-3)11-9-14)23-22(29-13)24-21(25)20-17(12-26-2)16-6-4-5-7-18(16)28-20/h4-11H,12H2,1-3H3,(H,23,24,25). The highest BCUT2D eigenvalue weighted by Crippen LogP contribution is 2.32. The van der Waals surface area contributed by atoms with Gasteiger partial charge in [-0.15, -0.1) is 11.3 Å². The number of furan rings is 1. The van der Waals surface area contributed by atoms with Crippen LogP contribution >= 0.6 is 11.3 Å². The molecule has 148 valence electrons. The molecule has 2 aromatic heterocycles. The molecule has 0 unspecified atom stereocenters. The van der Waals surface area contributed by atoms with Gasteiger partial charge in [0.05, 0.1) is 19.4 Å². The van der Waals surface area contributed by atoms with E-state index >= 15 is 0 Å². The van der Waals surface area contributed by atoms with E-state index in [2.05, 4.69) is 10.3 Å². The minimum absolute atomic E-state index is 0.243. The van der Waals surface area contributed by atoms with Crippen molar-refractivity contribution in [2.24, 2.45) is 0 Å². The third kappa shape index (κ3) is 3.74. The Hall–Kier alpha value is -3.16. The average Bonchev–Trinajstić information content (AvgIpc) is 3.29. The summed E-state index contributed by atoms with van der Waals surface area (Å²) in [4.78, 5) is 18.5. The number of ether oxygens (including phenoxy) is 2. The third-order valence-electron chi connectivity index (χ3n) is 4.57. The number of anilines is 1. The van der Waals surface area contributed by atoms with Crippen LogP contribution in [0.15, 0.2) is 52.9 Å². The van der Waals surface area contributed by atoms with Gasteiger partial charge in [-0.25, -0.2) is 4.98 Å². The summed E-state index contributed by atoms with van der Waals surface area (Å²) in [7, 11) is 3.22. The highest BCUT2D eigenvalue weighted by Gasteiger charge is 2.22. The normalized spacial score (nSPS) is 11.0. The van der Waals surface area contributed by atoms with E-state index in [9.17, 15) is 4.79 Å². The maximum Gasteiger partial charge on any atom is 0.293 e. The zero-order valence-electron chi connectivity index (χ0n) is 16.3. The number of rotatable bonds is 6. The smallest absolute Gasteiger partial charge is 0.293 e. The summed E-state index contributed by atoms with van der Waals surface area (Å²) in [5.41, 5.74) is 3.17. The number of hydrogen-bond acceptors (Lipinski definition) is 6. The van der Waals surface area contributed by atoms with Gasteiger partial charge in [-0.05, 0) is 37.3 Å². The summed E-state index contributed by atoms with van der Waals surface area (Å²) in [6.07, 6.45) is 0. The summed E-state index contributed by atoms with van der Waals surface area (Å²) >= 11 is 1.42.